The molecule has 3 N–H and O–H groups in total. The van der Waals surface area contributed by atoms with Crippen LogP contribution in [0.4, 0.5) is 0 Å². The fraction of sp³-hybridized carbons (Fsp3) is 0.800. The third-order valence-corrected chi connectivity index (χ3v) is 2.40. The third kappa shape index (κ3) is 3.95. The second-order valence-corrected chi connectivity index (χ2v) is 3.90. The van der Waals surface area contributed by atoms with Crippen molar-refractivity contribution < 1.29 is 28.9 Å². The van der Waals surface area contributed by atoms with Gasteiger partial charge in [-0.05, 0) is 0 Å². The SMILES string of the molecule is CC(=O)OC[C@H]1OC[C@@H](N)[C@@H](O)[C@@H]1OC(C)=O. The van der Waals surface area contributed by atoms with Crippen LogP contribution >= 0.6 is 0 Å². The maximum Gasteiger partial charge on any atom is 0.303 e. The van der Waals surface area contributed by atoms with Crippen LogP contribution in [0.1, 0.15) is 13.8 Å². The molecule has 1 heterocycles. The molecule has 0 saturated carbocycles. The molecule has 1 aliphatic rings. The molecule has 0 aromatic carbocycles. The zero-order chi connectivity index (χ0) is 13.0. The zero-order valence-corrected chi connectivity index (χ0v) is 9.79. The maximum absolute atomic E-state index is 10.9. The van der Waals surface area contributed by atoms with Gasteiger partial charge in [-0.15, -0.1) is 0 Å². The Kier molecular flexibility index (Phi) is 4.86. The molecule has 7 heteroatoms. The summed E-state index contributed by atoms with van der Waals surface area (Å²) in [5.74, 6) is -1.03. The van der Waals surface area contributed by atoms with E-state index in [1.54, 1.807) is 0 Å². The molecular formula is C10H17NO6. The molecule has 7 nitrogen and oxygen atoms in total. The van der Waals surface area contributed by atoms with E-state index in [1.807, 2.05) is 0 Å². The second-order valence-electron chi connectivity index (χ2n) is 3.90. The van der Waals surface area contributed by atoms with Crippen molar-refractivity contribution in [1.82, 2.24) is 0 Å². The number of aliphatic hydroxyl groups excluding tert-OH is 1. The van der Waals surface area contributed by atoms with E-state index in [4.69, 9.17) is 19.9 Å². The van der Waals surface area contributed by atoms with Gasteiger partial charge in [-0.1, -0.05) is 0 Å². The normalized spacial score (nSPS) is 32.9. The van der Waals surface area contributed by atoms with Crippen molar-refractivity contribution in [2.75, 3.05) is 13.2 Å². The van der Waals surface area contributed by atoms with Crippen molar-refractivity contribution in [2.45, 2.75) is 38.2 Å². The Hall–Kier alpha value is -1.18. The lowest BCUT2D eigenvalue weighted by Crippen LogP contribution is -2.59. The lowest BCUT2D eigenvalue weighted by molar-refractivity contribution is -0.193. The van der Waals surface area contributed by atoms with Crippen LogP contribution in [-0.4, -0.2) is 54.6 Å². The Morgan fingerprint density at radius 2 is 2.06 bits per heavy atom. The number of rotatable bonds is 3. The Labute approximate surface area is 98.8 Å². The van der Waals surface area contributed by atoms with Gasteiger partial charge in [-0.25, -0.2) is 0 Å². The van der Waals surface area contributed by atoms with Gasteiger partial charge < -0.3 is 25.1 Å². The van der Waals surface area contributed by atoms with E-state index in [-0.39, 0.29) is 13.2 Å². The molecule has 0 aromatic heterocycles. The quantitative estimate of drug-likeness (QED) is 0.588. The Bertz CT molecular complexity index is 295. The first kappa shape index (κ1) is 13.9. The van der Waals surface area contributed by atoms with Crippen molar-refractivity contribution in [3.63, 3.8) is 0 Å². The van der Waals surface area contributed by atoms with Gasteiger partial charge in [-0.3, -0.25) is 9.59 Å². The van der Waals surface area contributed by atoms with Crippen molar-refractivity contribution >= 4 is 11.9 Å². The minimum Gasteiger partial charge on any atom is -0.463 e. The van der Waals surface area contributed by atoms with Gasteiger partial charge in [0.05, 0.1) is 12.6 Å². The van der Waals surface area contributed by atoms with Crippen LogP contribution in [0, 0.1) is 0 Å². The van der Waals surface area contributed by atoms with Crippen LogP contribution in [0.3, 0.4) is 0 Å². The smallest absolute Gasteiger partial charge is 0.303 e. The van der Waals surface area contributed by atoms with Gasteiger partial charge in [-0.2, -0.15) is 0 Å². The predicted molar refractivity (Wildman–Crippen MR) is 55.9 cm³/mol. The summed E-state index contributed by atoms with van der Waals surface area (Å²) >= 11 is 0. The lowest BCUT2D eigenvalue weighted by atomic mass is 9.99. The highest BCUT2D eigenvalue weighted by atomic mass is 16.6. The average Bonchev–Trinajstić information content (AvgIpc) is 2.23. The van der Waals surface area contributed by atoms with Crippen molar-refractivity contribution in [3.05, 3.63) is 0 Å². The number of nitrogens with two attached hydrogens (primary N) is 1. The number of ether oxygens (including phenoxy) is 3. The molecule has 1 saturated heterocycles. The Morgan fingerprint density at radius 1 is 1.41 bits per heavy atom. The number of aliphatic hydroxyl groups is 1. The Balaban J connectivity index is 2.64. The maximum atomic E-state index is 10.9. The van der Waals surface area contributed by atoms with Gasteiger partial charge in [0.15, 0.2) is 6.10 Å². The third-order valence-electron chi connectivity index (χ3n) is 2.40. The van der Waals surface area contributed by atoms with E-state index in [0.717, 1.165) is 0 Å². The van der Waals surface area contributed by atoms with Crippen molar-refractivity contribution in [1.29, 1.82) is 0 Å². The molecule has 0 unspecified atom stereocenters. The number of carbonyl (C=O) groups is 2. The molecule has 0 aliphatic carbocycles. The molecule has 0 radical (unpaired) electrons. The molecular weight excluding hydrogens is 230 g/mol. The molecule has 1 fully saturated rings. The van der Waals surface area contributed by atoms with E-state index < -0.39 is 36.3 Å². The largest absolute Gasteiger partial charge is 0.463 e. The highest BCUT2D eigenvalue weighted by Gasteiger charge is 2.40. The first-order valence-electron chi connectivity index (χ1n) is 5.27. The van der Waals surface area contributed by atoms with Crippen LogP contribution < -0.4 is 5.73 Å². The minimum absolute atomic E-state index is 0.0862. The fourth-order valence-corrected chi connectivity index (χ4v) is 1.57. The molecule has 1 aliphatic heterocycles. The molecule has 0 spiro atoms. The van der Waals surface area contributed by atoms with Crippen LogP contribution in [-0.2, 0) is 23.8 Å². The fourth-order valence-electron chi connectivity index (χ4n) is 1.57. The first-order valence-corrected chi connectivity index (χ1v) is 5.27. The number of hydrogen-bond donors (Lipinski definition) is 2. The van der Waals surface area contributed by atoms with E-state index in [1.165, 1.54) is 13.8 Å². The summed E-state index contributed by atoms with van der Waals surface area (Å²) in [4.78, 5) is 21.6. The summed E-state index contributed by atoms with van der Waals surface area (Å²) in [6, 6.07) is -0.632. The van der Waals surface area contributed by atoms with Gasteiger partial charge in [0.1, 0.15) is 18.8 Å². The highest BCUT2D eigenvalue weighted by Crippen LogP contribution is 2.18. The van der Waals surface area contributed by atoms with Crippen molar-refractivity contribution in [2.24, 2.45) is 5.73 Å². The molecule has 17 heavy (non-hydrogen) atoms. The average molecular weight is 247 g/mol. The monoisotopic (exact) mass is 247 g/mol. The van der Waals surface area contributed by atoms with E-state index in [2.05, 4.69) is 0 Å². The molecule has 0 bridgehead atoms. The first-order chi connectivity index (χ1) is 7.91. The predicted octanol–water partition coefficient (Wildman–Crippen LogP) is -1.43. The summed E-state index contributed by atoms with van der Waals surface area (Å²) in [6.45, 7) is 2.50. The summed E-state index contributed by atoms with van der Waals surface area (Å²) in [7, 11) is 0. The van der Waals surface area contributed by atoms with E-state index in [0.29, 0.717) is 0 Å². The summed E-state index contributed by atoms with van der Waals surface area (Å²) in [6.07, 6.45) is -2.65. The molecule has 0 aromatic rings. The van der Waals surface area contributed by atoms with Gasteiger partial charge in [0.2, 0.25) is 0 Å². The number of carbonyl (C=O) groups excluding carboxylic acids is 2. The Morgan fingerprint density at radius 3 is 2.59 bits per heavy atom. The van der Waals surface area contributed by atoms with Gasteiger partial charge >= 0.3 is 11.9 Å². The summed E-state index contributed by atoms with van der Waals surface area (Å²) in [5, 5.41) is 9.80. The van der Waals surface area contributed by atoms with Gasteiger partial charge in [0, 0.05) is 13.8 Å². The second kappa shape index (κ2) is 5.95. The standard InChI is InChI=1S/C10H17NO6/c1-5(12)15-4-8-10(17-6(2)13)9(14)7(11)3-16-8/h7-10,14H,3-4,11H2,1-2H3/t7-,8-,9-,10-/m1/s1. The van der Waals surface area contributed by atoms with Crippen LogP contribution in [0.2, 0.25) is 0 Å². The summed E-state index contributed by atoms with van der Waals surface area (Å²) < 4.78 is 15.0. The van der Waals surface area contributed by atoms with E-state index >= 15 is 0 Å². The molecule has 98 valence electrons. The van der Waals surface area contributed by atoms with Crippen molar-refractivity contribution in [3.8, 4) is 0 Å². The molecule has 1 rings (SSSR count). The number of hydrogen-bond acceptors (Lipinski definition) is 7. The molecule has 0 amide bonds. The zero-order valence-electron chi connectivity index (χ0n) is 9.79. The highest BCUT2D eigenvalue weighted by molar-refractivity contribution is 5.66. The molecule has 4 atom stereocenters. The minimum atomic E-state index is -1.03. The van der Waals surface area contributed by atoms with Crippen LogP contribution in [0.5, 0.6) is 0 Å². The number of esters is 2. The van der Waals surface area contributed by atoms with E-state index in [9.17, 15) is 14.7 Å². The van der Waals surface area contributed by atoms with Crippen LogP contribution in [0.25, 0.3) is 0 Å². The summed E-state index contributed by atoms with van der Waals surface area (Å²) in [5.41, 5.74) is 5.59. The van der Waals surface area contributed by atoms with Crippen LogP contribution in [0.15, 0.2) is 0 Å². The van der Waals surface area contributed by atoms with Gasteiger partial charge in [0.25, 0.3) is 0 Å². The lowest BCUT2D eigenvalue weighted by Gasteiger charge is -2.37. The topological polar surface area (TPSA) is 108 Å².